The fourth-order valence-electron chi connectivity index (χ4n) is 4.49. The number of para-hydroxylation sites is 1. The van der Waals surface area contributed by atoms with E-state index < -0.39 is 0 Å². The van der Waals surface area contributed by atoms with Gasteiger partial charge < -0.3 is 20.5 Å². The zero-order valence-electron chi connectivity index (χ0n) is 20.0. The van der Waals surface area contributed by atoms with Crippen LogP contribution < -0.4 is 10.6 Å². The van der Waals surface area contributed by atoms with E-state index in [0.717, 1.165) is 28.6 Å². The van der Waals surface area contributed by atoms with Crippen LogP contribution in [0.15, 0.2) is 96.5 Å². The number of carbonyl (C=O) groups excluding carboxylic acids is 2. The predicted octanol–water partition coefficient (Wildman–Crippen LogP) is 3.81. The summed E-state index contributed by atoms with van der Waals surface area (Å²) in [6, 6.07) is 23.7. The molecule has 0 fully saturated rings. The van der Waals surface area contributed by atoms with Crippen LogP contribution >= 0.6 is 0 Å². The lowest BCUT2D eigenvalue weighted by Gasteiger charge is -2.31. The minimum atomic E-state index is -0.0858. The molecule has 0 spiro atoms. The Balaban J connectivity index is 1.31. The van der Waals surface area contributed by atoms with E-state index in [-0.39, 0.29) is 11.8 Å². The van der Waals surface area contributed by atoms with Crippen LogP contribution in [-0.4, -0.2) is 46.3 Å². The number of hydrogen-bond acceptors (Lipinski definition) is 4. The third-order valence-electron chi connectivity index (χ3n) is 6.44. The summed E-state index contributed by atoms with van der Waals surface area (Å²) in [4.78, 5) is 35.7. The molecule has 0 bridgehead atoms. The molecule has 3 heterocycles. The van der Waals surface area contributed by atoms with Crippen molar-refractivity contribution in [2.45, 2.75) is 19.4 Å². The summed E-state index contributed by atoms with van der Waals surface area (Å²) in [6.45, 7) is 1.90. The van der Waals surface area contributed by atoms with Crippen molar-refractivity contribution < 1.29 is 9.59 Å². The number of nitrogens with one attached hydrogen (secondary N) is 3. The average molecular weight is 480 g/mol. The molecule has 1 aliphatic rings. The molecule has 2 aromatic carbocycles. The number of aromatic nitrogens is 2. The number of aromatic amines is 1. The van der Waals surface area contributed by atoms with Crippen molar-refractivity contribution in [3.8, 4) is 0 Å². The number of amides is 2. The predicted molar refractivity (Wildman–Crippen MR) is 140 cm³/mol. The highest BCUT2D eigenvalue weighted by Gasteiger charge is 2.27. The van der Waals surface area contributed by atoms with E-state index in [4.69, 9.17) is 0 Å². The van der Waals surface area contributed by atoms with E-state index >= 15 is 0 Å². The van der Waals surface area contributed by atoms with E-state index in [1.807, 2.05) is 60.7 Å². The average Bonchev–Trinajstić information content (AvgIpc) is 3.37. The van der Waals surface area contributed by atoms with Gasteiger partial charge in [0, 0.05) is 54.2 Å². The summed E-state index contributed by atoms with van der Waals surface area (Å²) in [7, 11) is 0. The second-order valence-corrected chi connectivity index (χ2v) is 8.91. The van der Waals surface area contributed by atoms with Crippen molar-refractivity contribution in [3.05, 3.63) is 113 Å². The fourth-order valence-corrected chi connectivity index (χ4v) is 4.49. The first-order valence-corrected chi connectivity index (χ1v) is 12.2. The smallest absolute Gasteiger partial charge is 0.270 e. The number of H-pyrrole nitrogens is 1. The SMILES string of the molecule is O=C(NCCc1ccccc1)C1=C(NCc2cccnc2)CN(C(=O)c2cc3ccccc3[nH]2)CC1. The second kappa shape index (κ2) is 10.9. The fraction of sp³-hybridized carbons (Fsp3) is 0.207. The minimum absolute atomic E-state index is 0.0737. The molecule has 36 heavy (non-hydrogen) atoms. The summed E-state index contributed by atoms with van der Waals surface area (Å²) in [5, 5.41) is 7.48. The quantitative estimate of drug-likeness (QED) is 0.359. The summed E-state index contributed by atoms with van der Waals surface area (Å²) < 4.78 is 0. The van der Waals surface area contributed by atoms with Gasteiger partial charge in [0.05, 0.1) is 6.54 Å². The molecule has 0 atom stereocenters. The summed E-state index contributed by atoms with van der Waals surface area (Å²) in [5.41, 5.74) is 5.15. The Morgan fingerprint density at radius 1 is 0.972 bits per heavy atom. The summed E-state index contributed by atoms with van der Waals surface area (Å²) >= 11 is 0. The lowest BCUT2D eigenvalue weighted by atomic mass is 10.0. The first kappa shape index (κ1) is 23.4. The molecule has 1 aliphatic heterocycles. The third kappa shape index (κ3) is 5.46. The van der Waals surface area contributed by atoms with Gasteiger partial charge in [-0.1, -0.05) is 54.6 Å². The first-order chi connectivity index (χ1) is 17.7. The van der Waals surface area contributed by atoms with Crippen molar-refractivity contribution in [2.24, 2.45) is 0 Å². The van der Waals surface area contributed by atoms with Gasteiger partial charge in [-0.15, -0.1) is 0 Å². The van der Waals surface area contributed by atoms with Crippen LogP contribution in [-0.2, 0) is 17.8 Å². The molecule has 0 radical (unpaired) electrons. The van der Waals surface area contributed by atoms with Crippen molar-refractivity contribution in [3.63, 3.8) is 0 Å². The second-order valence-electron chi connectivity index (χ2n) is 8.91. The number of rotatable bonds is 8. The van der Waals surface area contributed by atoms with Gasteiger partial charge in [0.1, 0.15) is 5.69 Å². The molecule has 4 aromatic rings. The third-order valence-corrected chi connectivity index (χ3v) is 6.44. The van der Waals surface area contributed by atoms with Gasteiger partial charge >= 0.3 is 0 Å². The monoisotopic (exact) mass is 479 g/mol. The molecule has 2 aromatic heterocycles. The Morgan fingerprint density at radius 2 is 1.78 bits per heavy atom. The summed E-state index contributed by atoms with van der Waals surface area (Å²) in [5.74, 6) is -0.159. The highest BCUT2D eigenvalue weighted by molar-refractivity contribution is 5.99. The molecule has 7 heteroatoms. The maximum absolute atomic E-state index is 13.3. The summed E-state index contributed by atoms with van der Waals surface area (Å²) in [6.07, 6.45) is 4.78. The molecule has 7 nitrogen and oxygen atoms in total. The molecule has 3 N–H and O–H groups in total. The number of pyridine rings is 1. The van der Waals surface area contributed by atoms with Crippen LogP contribution in [0, 0.1) is 0 Å². The van der Waals surface area contributed by atoms with E-state index in [9.17, 15) is 9.59 Å². The topological polar surface area (TPSA) is 90.1 Å². The lowest BCUT2D eigenvalue weighted by molar-refractivity contribution is -0.117. The number of carbonyl (C=O) groups is 2. The number of benzene rings is 2. The number of fused-ring (bicyclic) bond motifs is 1. The van der Waals surface area contributed by atoms with Crippen molar-refractivity contribution in [1.29, 1.82) is 0 Å². The van der Waals surface area contributed by atoms with E-state index in [2.05, 4.69) is 32.7 Å². The Morgan fingerprint density at radius 3 is 2.58 bits per heavy atom. The number of hydrogen-bond donors (Lipinski definition) is 3. The Kier molecular flexibility index (Phi) is 7.07. The zero-order chi connectivity index (χ0) is 24.7. The molecule has 182 valence electrons. The van der Waals surface area contributed by atoms with Crippen LogP contribution in [0.4, 0.5) is 0 Å². The van der Waals surface area contributed by atoms with Gasteiger partial charge in [-0.3, -0.25) is 14.6 Å². The molecule has 5 rings (SSSR count). The van der Waals surface area contributed by atoms with Crippen molar-refractivity contribution in [1.82, 2.24) is 25.5 Å². The van der Waals surface area contributed by atoms with Crippen LogP contribution in [0.2, 0.25) is 0 Å². The molecule has 0 saturated heterocycles. The normalized spacial score (nSPS) is 13.6. The Bertz CT molecular complexity index is 1350. The van der Waals surface area contributed by atoms with Gasteiger partial charge in [0.25, 0.3) is 5.91 Å². The standard InChI is InChI=1S/C29H29N5O2/c35-28(31-15-12-21-7-2-1-3-8-21)24-13-16-34(20-27(24)32-19-22-9-6-14-30-18-22)29(36)26-17-23-10-4-5-11-25(23)33-26/h1-11,14,17-18,32-33H,12-13,15-16,19-20H2,(H,31,35). The van der Waals surface area contributed by atoms with Gasteiger partial charge in [-0.05, 0) is 42.2 Å². The molecule has 2 amide bonds. The van der Waals surface area contributed by atoms with Crippen molar-refractivity contribution >= 4 is 22.7 Å². The van der Waals surface area contributed by atoms with E-state index in [0.29, 0.717) is 43.9 Å². The first-order valence-electron chi connectivity index (χ1n) is 12.2. The van der Waals surface area contributed by atoms with E-state index in [1.165, 1.54) is 5.56 Å². The van der Waals surface area contributed by atoms with Gasteiger partial charge in [0.2, 0.25) is 5.91 Å². The molecular formula is C29H29N5O2. The highest BCUT2D eigenvalue weighted by atomic mass is 16.2. The van der Waals surface area contributed by atoms with Gasteiger partial charge in [-0.2, -0.15) is 0 Å². The Labute approximate surface area is 210 Å². The molecule has 0 saturated carbocycles. The number of nitrogens with zero attached hydrogens (tertiary/aromatic N) is 2. The van der Waals surface area contributed by atoms with Crippen LogP contribution in [0.1, 0.15) is 28.0 Å². The minimum Gasteiger partial charge on any atom is -0.382 e. The van der Waals surface area contributed by atoms with Gasteiger partial charge in [-0.25, -0.2) is 0 Å². The maximum Gasteiger partial charge on any atom is 0.270 e. The van der Waals surface area contributed by atoms with Crippen LogP contribution in [0.5, 0.6) is 0 Å². The Hall–Kier alpha value is -4.39. The zero-order valence-corrected chi connectivity index (χ0v) is 20.0. The molecular weight excluding hydrogens is 450 g/mol. The van der Waals surface area contributed by atoms with Crippen LogP contribution in [0.25, 0.3) is 10.9 Å². The van der Waals surface area contributed by atoms with E-state index in [1.54, 1.807) is 17.3 Å². The highest BCUT2D eigenvalue weighted by Crippen LogP contribution is 2.21. The lowest BCUT2D eigenvalue weighted by Crippen LogP contribution is -2.43. The van der Waals surface area contributed by atoms with Gasteiger partial charge in [0.15, 0.2) is 0 Å². The van der Waals surface area contributed by atoms with Crippen LogP contribution in [0.3, 0.4) is 0 Å². The van der Waals surface area contributed by atoms with Crippen molar-refractivity contribution in [2.75, 3.05) is 19.6 Å². The molecule has 0 unspecified atom stereocenters. The molecule has 0 aliphatic carbocycles. The largest absolute Gasteiger partial charge is 0.382 e. The maximum atomic E-state index is 13.3.